The molecule has 6 nitrogen and oxygen atoms in total. The van der Waals surface area contributed by atoms with Crippen LogP contribution < -0.4 is 5.32 Å². The maximum atomic E-state index is 12.7. The van der Waals surface area contributed by atoms with E-state index in [2.05, 4.69) is 21.7 Å². The zero-order valence-electron chi connectivity index (χ0n) is 15.7. The van der Waals surface area contributed by atoms with Crippen LogP contribution in [0.2, 0.25) is 0 Å². The van der Waals surface area contributed by atoms with E-state index in [0.29, 0.717) is 17.3 Å². The average Bonchev–Trinajstić information content (AvgIpc) is 3.40. The molecule has 1 N–H and O–H groups in total. The maximum Gasteiger partial charge on any atom is 0.252 e. The van der Waals surface area contributed by atoms with Crippen LogP contribution in [0, 0.1) is 5.92 Å². The molecule has 0 radical (unpaired) electrons. The van der Waals surface area contributed by atoms with Gasteiger partial charge in [-0.1, -0.05) is 6.07 Å². The molecule has 0 bridgehead atoms. The van der Waals surface area contributed by atoms with Crippen molar-refractivity contribution in [1.82, 2.24) is 14.5 Å². The molecule has 2 aromatic rings. The average molecular weight is 440 g/mol. The molecule has 2 aliphatic heterocycles. The lowest BCUT2D eigenvalue weighted by molar-refractivity contribution is -0.126. The van der Waals surface area contributed by atoms with Crippen molar-refractivity contribution in [3.63, 3.8) is 0 Å². The first-order valence-corrected chi connectivity index (χ1v) is 12.8. The predicted octanol–water partition coefficient (Wildman–Crippen LogP) is 2.38. The summed E-state index contributed by atoms with van der Waals surface area (Å²) >= 11 is 3.05. The number of carbonyl (C=O) groups is 1. The van der Waals surface area contributed by atoms with Crippen LogP contribution in [0.1, 0.15) is 23.3 Å². The van der Waals surface area contributed by atoms with Gasteiger partial charge in [0.2, 0.25) is 5.91 Å². The van der Waals surface area contributed by atoms with Crippen LogP contribution in [-0.2, 0) is 27.8 Å². The first-order chi connectivity index (χ1) is 13.5. The third kappa shape index (κ3) is 4.33. The Bertz CT molecular complexity index is 908. The van der Waals surface area contributed by atoms with Crippen LogP contribution in [0.5, 0.6) is 0 Å². The topological polar surface area (TPSA) is 69.7 Å². The van der Waals surface area contributed by atoms with E-state index in [0.717, 1.165) is 38.9 Å². The van der Waals surface area contributed by atoms with E-state index < -0.39 is 10.0 Å². The Labute approximate surface area is 174 Å². The summed E-state index contributed by atoms with van der Waals surface area (Å²) in [4.78, 5) is 16.5. The molecule has 1 amide bonds. The number of piperidine rings is 1. The first kappa shape index (κ1) is 20.0. The molecule has 28 heavy (non-hydrogen) atoms. The lowest BCUT2D eigenvalue weighted by Crippen LogP contribution is -2.46. The summed E-state index contributed by atoms with van der Waals surface area (Å²) in [7, 11) is -3.48. The lowest BCUT2D eigenvalue weighted by atomic mass is 9.99. The van der Waals surface area contributed by atoms with E-state index >= 15 is 0 Å². The molecule has 4 rings (SSSR count). The van der Waals surface area contributed by atoms with Gasteiger partial charge in [0, 0.05) is 44.1 Å². The number of nitrogens with zero attached hydrogens (tertiary/aromatic N) is 2. The summed E-state index contributed by atoms with van der Waals surface area (Å²) in [5.74, 6) is -0.298. The molecular formula is C19H25N3O3S3. The quantitative estimate of drug-likeness (QED) is 0.750. The molecule has 0 spiro atoms. The van der Waals surface area contributed by atoms with Crippen molar-refractivity contribution < 1.29 is 13.2 Å². The molecule has 2 aromatic heterocycles. The Kier molecular flexibility index (Phi) is 6.17. The largest absolute Gasteiger partial charge is 0.355 e. The van der Waals surface area contributed by atoms with Gasteiger partial charge in [0.15, 0.2) is 0 Å². The number of nitrogens with one attached hydrogen (secondary N) is 1. The minimum Gasteiger partial charge on any atom is -0.355 e. The van der Waals surface area contributed by atoms with Gasteiger partial charge in [-0.05, 0) is 47.7 Å². The second-order valence-electron chi connectivity index (χ2n) is 7.32. The molecular weight excluding hydrogens is 414 g/mol. The highest BCUT2D eigenvalue weighted by atomic mass is 32.2. The number of hydrogen-bond acceptors (Lipinski definition) is 6. The molecule has 9 heteroatoms. The molecule has 1 fully saturated rings. The van der Waals surface area contributed by atoms with Crippen LogP contribution in [0.4, 0.5) is 0 Å². The van der Waals surface area contributed by atoms with Crippen LogP contribution in [0.25, 0.3) is 0 Å². The first-order valence-electron chi connectivity index (χ1n) is 9.63. The van der Waals surface area contributed by atoms with Gasteiger partial charge in [-0.2, -0.15) is 4.31 Å². The zero-order valence-corrected chi connectivity index (χ0v) is 18.1. The second-order valence-corrected chi connectivity index (χ2v) is 11.4. The highest BCUT2D eigenvalue weighted by Crippen LogP contribution is 2.26. The second kappa shape index (κ2) is 8.62. The number of fused-ring (bicyclic) bond motifs is 1. The molecule has 0 saturated carbocycles. The van der Waals surface area contributed by atoms with Crippen molar-refractivity contribution in [3.8, 4) is 0 Å². The van der Waals surface area contributed by atoms with E-state index in [9.17, 15) is 13.2 Å². The van der Waals surface area contributed by atoms with Crippen LogP contribution in [-0.4, -0.2) is 56.3 Å². The van der Waals surface area contributed by atoms with E-state index in [-0.39, 0.29) is 18.4 Å². The molecule has 2 aliphatic rings. The summed E-state index contributed by atoms with van der Waals surface area (Å²) < 4.78 is 27.2. The molecule has 0 aliphatic carbocycles. The lowest BCUT2D eigenvalue weighted by Gasteiger charge is -2.31. The van der Waals surface area contributed by atoms with Crippen molar-refractivity contribution in [3.05, 3.63) is 39.4 Å². The third-order valence-electron chi connectivity index (χ3n) is 5.46. The van der Waals surface area contributed by atoms with E-state index in [4.69, 9.17) is 0 Å². The molecule has 1 saturated heterocycles. The Hall–Kier alpha value is -1.26. The van der Waals surface area contributed by atoms with Gasteiger partial charge >= 0.3 is 0 Å². The number of hydrogen-bond donors (Lipinski definition) is 1. The minimum atomic E-state index is -3.48. The summed E-state index contributed by atoms with van der Waals surface area (Å²) in [6.07, 6.45) is 2.54. The van der Waals surface area contributed by atoms with Crippen LogP contribution in [0.15, 0.2) is 33.2 Å². The summed E-state index contributed by atoms with van der Waals surface area (Å²) in [6, 6.07) is 5.56. The highest BCUT2D eigenvalue weighted by Gasteiger charge is 2.33. The van der Waals surface area contributed by atoms with Crippen molar-refractivity contribution in [2.24, 2.45) is 5.92 Å². The normalized spacial score (nSPS) is 21.4. The molecule has 1 atom stereocenters. The monoisotopic (exact) mass is 439 g/mol. The van der Waals surface area contributed by atoms with E-state index in [1.54, 1.807) is 17.5 Å². The number of sulfonamides is 1. The molecule has 1 unspecified atom stereocenters. The SMILES string of the molecule is O=C(NCCN1CCc2sccc2C1)C1CCCN(S(=O)(=O)c2cccs2)C1. The van der Waals surface area contributed by atoms with E-state index in [1.165, 1.54) is 26.1 Å². The summed E-state index contributed by atoms with van der Waals surface area (Å²) in [5, 5.41) is 6.94. The maximum absolute atomic E-state index is 12.7. The van der Waals surface area contributed by atoms with Crippen molar-refractivity contribution in [2.45, 2.75) is 30.0 Å². The zero-order chi connectivity index (χ0) is 19.6. The standard InChI is InChI=1S/C19H25N3O3S3/c23-19(20-7-10-21-9-5-17-15(13-21)6-12-26-17)16-3-1-8-22(14-16)28(24,25)18-4-2-11-27-18/h2,4,6,11-12,16H,1,3,5,7-10,13-14H2,(H,20,23). The smallest absolute Gasteiger partial charge is 0.252 e. The third-order valence-corrected chi connectivity index (χ3v) is 9.72. The van der Waals surface area contributed by atoms with Gasteiger partial charge in [0.05, 0.1) is 5.92 Å². The fourth-order valence-corrected chi connectivity index (χ4v) is 7.45. The van der Waals surface area contributed by atoms with Crippen LogP contribution in [0.3, 0.4) is 0 Å². The van der Waals surface area contributed by atoms with Gasteiger partial charge in [-0.25, -0.2) is 8.42 Å². The van der Waals surface area contributed by atoms with Crippen molar-refractivity contribution in [1.29, 1.82) is 0 Å². The number of rotatable bonds is 6. The molecule has 0 aromatic carbocycles. The summed E-state index contributed by atoms with van der Waals surface area (Å²) in [5.41, 5.74) is 1.41. The Balaban J connectivity index is 1.27. The van der Waals surface area contributed by atoms with E-state index in [1.807, 2.05) is 11.3 Å². The Morgan fingerprint density at radius 1 is 1.21 bits per heavy atom. The van der Waals surface area contributed by atoms with Gasteiger partial charge < -0.3 is 5.32 Å². The van der Waals surface area contributed by atoms with Gasteiger partial charge in [-0.15, -0.1) is 22.7 Å². The number of amides is 1. The predicted molar refractivity (Wildman–Crippen MR) is 112 cm³/mol. The molecule has 4 heterocycles. The van der Waals surface area contributed by atoms with Crippen LogP contribution >= 0.6 is 22.7 Å². The molecule has 152 valence electrons. The van der Waals surface area contributed by atoms with Gasteiger partial charge in [-0.3, -0.25) is 9.69 Å². The van der Waals surface area contributed by atoms with Gasteiger partial charge in [0.25, 0.3) is 10.0 Å². The Morgan fingerprint density at radius 3 is 2.93 bits per heavy atom. The summed E-state index contributed by atoms with van der Waals surface area (Å²) in [6.45, 7) is 4.16. The highest BCUT2D eigenvalue weighted by molar-refractivity contribution is 7.91. The van der Waals surface area contributed by atoms with Crippen molar-refractivity contribution in [2.75, 3.05) is 32.7 Å². The van der Waals surface area contributed by atoms with Crippen molar-refractivity contribution >= 4 is 38.6 Å². The number of carbonyl (C=O) groups excluding carboxylic acids is 1. The Morgan fingerprint density at radius 2 is 2.11 bits per heavy atom. The fraction of sp³-hybridized carbons (Fsp3) is 0.526. The van der Waals surface area contributed by atoms with Gasteiger partial charge in [0.1, 0.15) is 4.21 Å². The fourth-order valence-electron chi connectivity index (χ4n) is 3.89. The minimum absolute atomic E-state index is 0.0284. The number of thiophene rings is 2.